The lowest BCUT2D eigenvalue weighted by Crippen LogP contribution is -2.49. The highest BCUT2D eigenvalue weighted by Crippen LogP contribution is 2.40. The Morgan fingerprint density at radius 2 is 1.79 bits per heavy atom. The van der Waals surface area contributed by atoms with Gasteiger partial charge >= 0.3 is 6.09 Å². The smallest absolute Gasteiger partial charge is 0.411 e. The van der Waals surface area contributed by atoms with E-state index in [0.717, 1.165) is 22.9 Å². The Kier molecular flexibility index (Phi) is 8.32. The Morgan fingerprint density at radius 3 is 2.37 bits per heavy atom. The molecule has 1 saturated heterocycles. The third kappa shape index (κ3) is 6.49. The van der Waals surface area contributed by atoms with Gasteiger partial charge in [-0.25, -0.2) is 27.3 Å². The predicted molar refractivity (Wildman–Crippen MR) is 143 cm³/mol. The highest BCUT2D eigenvalue weighted by atomic mass is 32.2. The molecule has 2 aromatic carbocycles. The number of cyclic esters (lactones) is 1. The van der Waals surface area contributed by atoms with Crippen molar-refractivity contribution < 1.29 is 27.1 Å². The van der Waals surface area contributed by atoms with Crippen molar-refractivity contribution in [3.63, 3.8) is 0 Å². The van der Waals surface area contributed by atoms with Gasteiger partial charge in [0.05, 0.1) is 19.4 Å². The molecule has 1 N–H and O–H groups in total. The first-order chi connectivity index (χ1) is 18.1. The van der Waals surface area contributed by atoms with E-state index in [-0.39, 0.29) is 18.4 Å². The maximum Gasteiger partial charge on any atom is 0.411 e. The monoisotopic (exact) mass is 541 g/mol. The number of nitrogens with one attached hydrogen (secondary N) is 1. The van der Waals surface area contributed by atoms with E-state index in [0.29, 0.717) is 37.3 Å². The van der Waals surface area contributed by atoms with E-state index < -0.39 is 21.7 Å². The van der Waals surface area contributed by atoms with Gasteiger partial charge in [0.25, 0.3) is 0 Å². The lowest BCUT2D eigenvalue weighted by Gasteiger charge is -2.43. The van der Waals surface area contributed by atoms with Crippen molar-refractivity contribution in [1.29, 1.82) is 0 Å². The number of pyridine rings is 1. The zero-order valence-electron chi connectivity index (χ0n) is 21.7. The second-order valence-corrected chi connectivity index (χ2v) is 11.3. The summed E-state index contributed by atoms with van der Waals surface area (Å²) < 4.78 is 50.2. The quantitative estimate of drug-likeness (QED) is 0.362. The van der Waals surface area contributed by atoms with Crippen LogP contribution in [0.2, 0.25) is 0 Å². The van der Waals surface area contributed by atoms with Crippen LogP contribution in [0.1, 0.15) is 43.4 Å². The molecule has 0 aliphatic carbocycles. The van der Waals surface area contributed by atoms with Gasteiger partial charge in [-0.3, -0.25) is 0 Å². The van der Waals surface area contributed by atoms with Crippen molar-refractivity contribution in [2.24, 2.45) is 0 Å². The number of nitrogens with zero attached hydrogens (tertiary/aromatic N) is 2. The van der Waals surface area contributed by atoms with Gasteiger partial charge in [0.15, 0.2) is 0 Å². The zero-order valence-corrected chi connectivity index (χ0v) is 22.5. The molecule has 1 fully saturated rings. The molecular formula is C28H32FN3O5S. The van der Waals surface area contributed by atoms with E-state index in [4.69, 9.17) is 9.47 Å². The first-order valence-electron chi connectivity index (χ1n) is 12.4. The molecule has 202 valence electrons. The molecular weight excluding hydrogens is 509 g/mol. The average molecular weight is 542 g/mol. The van der Waals surface area contributed by atoms with E-state index in [1.807, 2.05) is 37.3 Å². The number of benzene rings is 2. The minimum Gasteiger partial charge on any atom is -0.481 e. The molecule has 8 nitrogen and oxygen atoms in total. The number of halogens is 1. The summed E-state index contributed by atoms with van der Waals surface area (Å²) in [5.74, 6) is 0.167. The van der Waals surface area contributed by atoms with E-state index in [2.05, 4.69) is 9.71 Å². The molecule has 3 aromatic rings. The maximum absolute atomic E-state index is 13.6. The van der Waals surface area contributed by atoms with Crippen molar-refractivity contribution in [1.82, 2.24) is 14.6 Å². The highest BCUT2D eigenvalue weighted by Gasteiger charge is 2.43. The van der Waals surface area contributed by atoms with Crippen molar-refractivity contribution in [3.8, 4) is 17.0 Å². The molecule has 2 heterocycles. The van der Waals surface area contributed by atoms with Gasteiger partial charge in [0, 0.05) is 37.3 Å². The molecule has 10 heteroatoms. The van der Waals surface area contributed by atoms with Crippen LogP contribution in [0.15, 0.2) is 66.9 Å². The molecule has 1 aromatic heterocycles. The van der Waals surface area contributed by atoms with Gasteiger partial charge in [-0.2, -0.15) is 0 Å². The first kappa shape index (κ1) is 27.5. The normalized spacial score (nSPS) is 18.6. The van der Waals surface area contributed by atoms with Crippen LogP contribution < -0.4 is 9.46 Å². The molecule has 38 heavy (non-hydrogen) atoms. The molecule has 1 amide bonds. The fourth-order valence-electron chi connectivity index (χ4n) is 4.74. The Labute approximate surface area is 222 Å². The van der Waals surface area contributed by atoms with Crippen LogP contribution in [0.25, 0.3) is 11.1 Å². The van der Waals surface area contributed by atoms with E-state index in [9.17, 15) is 17.6 Å². The standard InChI is InChI=1S/C28H32FN3O5S/c1-20(21-5-7-22(8-6-21)23-9-14-26(36-2)30-19-23)32-18-16-28(37-27(32)33,15-4-17-31-38(3,34)35)24-10-12-25(29)13-11-24/h5-14,19-20,31H,4,15-18H2,1-3H3/t20-,28-/m0/s1. The summed E-state index contributed by atoms with van der Waals surface area (Å²) in [6, 6.07) is 17.4. The third-order valence-corrected chi connectivity index (χ3v) is 7.63. The minimum absolute atomic E-state index is 0.218. The summed E-state index contributed by atoms with van der Waals surface area (Å²) >= 11 is 0. The molecule has 0 saturated carbocycles. The van der Waals surface area contributed by atoms with Gasteiger partial charge < -0.3 is 14.4 Å². The second kappa shape index (κ2) is 11.5. The fourth-order valence-corrected chi connectivity index (χ4v) is 5.25. The van der Waals surface area contributed by atoms with Gasteiger partial charge in [-0.05, 0) is 54.7 Å². The number of amides is 1. The number of carbonyl (C=O) groups excluding carboxylic acids is 1. The molecule has 4 rings (SSSR count). The number of hydrogen-bond donors (Lipinski definition) is 1. The van der Waals surface area contributed by atoms with Crippen molar-refractivity contribution in [2.75, 3.05) is 26.5 Å². The molecule has 2 atom stereocenters. The molecule has 0 spiro atoms. The van der Waals surface area contributed by atoms with Crippen LogP contribution in [0.4, 0.5) is 9.18 Å². The van der Waals surface area contributed by atoms with Gasteiger partial charge in [0.1, 0.15) is 11.4 Å². The number of carbonyl (C=O) groups is 1. The summed E-state index contributed by atoms with van der Waals surface area (Å²) in [5, 5.41) is 0. The average Bonchev–Trinajstić information content (AvgIpc) is 2.91. The third-order valence-electron chi connectivity index (χ3n) is 6.91. The van der Waals surface area contributed by atoms with Gasteiger partial charge in [-0.15, -0.1) is 0 Å². The van der Waals surface area contributed by atoms with Crippen LogP contribution in [0.5, 0.6) is 5.88 Å². The van der Waals surface area contributed by atoms with Gasteiger partial charge in [0.2, 0.25) is 15.9 Å². The largest absolute Gasteiger partial charge is 0.481 e. The summed E-state index contributed by atoms with van der Waals surface area (Å²) in [4.78, 5) is 19.2. The van der Waals surface area contributed by atoms with E-state index in [1.165, 1.54) is 12.1 Å². The maximum atomic E-state index is 13.6. The Morgan fingerprint density at radius 1 is 1.11 bits per heavy atom. The number of methoxy groups -OCH3 is 1. The Balaban J connectivity index is 1.48. The number of aromatic nitrogens is 1. The minimum atomic E-state index is -3.33. The number of hydrogen-bond acceptors (Lipinski definition) is 6. The van der Waals surface area contributed by atoms with E-state index in [1.54, 1.807) is 36.4 Å². The van der Waals surface area contributed by atoms with Crippen molar-refractivity contribution in [2.45, 2.75) is 37.8 Å². The zero-order chi connectivity index (χ0) is 27.3. The molecule has 1 aliphatic rings. The van der Waals surface area contributed by atoms with E-state index >= 15 is 0 Å². The number of ether oxygens (including phenoxy) is 2. The van der Waals surface area contributed by atoms with Crippen LogP contribution >= 0.6 is 0 Å². The summed E-state index contributed by atoms with van der Waals surface area (Å²) in [6.45, 7) is 2.60. The predicted octanol–water partition coefficient (Wildman–Crippen LogP) is 5.02. The topological polar surface area (TPSA) is 97.8 Å². The SMILES string of the molecule is COc1ccc(-c2ccc([C@H](C)N3CC[C@@](CCCNS(C)(=O)=O)(c4ccc(F)cc4)OC3=O)cc2)cn1. The van der Waals surface area contributed by atoms with Crippen molar-refractivity contribution in [3.05, 3.63) is 83.8 Å². The van der Waals surface area contributed by atoms with Crippen LogP contribution in [-0.4, -0.2) is 50.9 Å². The summed E-state index contributed by atoms with van der Waals surface area (Å²) in [5.41, 5.74) is 2.63. The van der Waals surface area contributed by atoms with Crippen LogP contribution in [0, 0.1) is 5.82 Å². The highest BCUT2D eigenvalue weighted by molar-refractivity contribution is 7.88. The van der Waals surface area contributed by atoms with Crippen LogP contribution in [0.3, 0.4) is 0 Å². The molecule has 1 aliphatic heterocycles. The number of sulfonamides is 1. The van der Waals surface area contributed by atoms with Crippen LogP contribution in [-0.2, 0) is 20.4 Å². The first-order valence-corrected chi connectivity index (χ1v) is 14.3. The van der Waals surface area contributed by atoms with Crippen molar-refractivity contribution >= 4 is 16.1 Å². The molecule has 0 unspecified atom stereocenters. The van der Waals surface area contributed by atoms with Gasteiger partial charge in [-0.1, -0.05) is 36.4 Å². The Bertz CT molecular complexity index is 1350. The summed E-state index contributed by atoms with van der Waals surface area (Å²) in [6.07, 6.45) is 3.73. The Hall–Kier alpha value is -3.50. The second-order valence-electron chi connectivity index (χ2n) is 9.47. The fraction of sp³-hybridized carbons (Fsp3) is 0.357. The summed E-state index contributed by atoms with van der Waals surface area (Å²) in [7, 11) is -1.75. The lowest BCUT2D eigenvalue weighted by molar-refractivity contribution is -0.0662. The molecule has 0 bridgehead atoms. The lowest BCUT2D eigenvalue weighted by atomic mass is 9.84. The molecule has 0 radical (unpaired) electrons. The number of rotatable bonds is 10.